The van der Waals surface area contributed by atoms with E-state index in [1.807, 2.05) is 30.3 Å². The molecule has 2 aliphatic heterocycles. The zero-order valence-corrected chi connectivity index (χ0v) is 21.4. The molecular weight excluding hydrogens is 536 g/mol. The van der Waals surface area contributed by atoms with Crippen molar-refractivity contribution in [2.75, 3.05) is 13.2 Å². The summed E-state index contributed by atoms with van der Waals surface area (Å²) < 4.78 is 9.74. The van der Waals surface area contributed by atoms with Crippen LogP contribution in [-0.2, 0) is 28.5 Å². The maximum absolute atomic E-state index is 10.4. The highest BCUT2D eigenvalue weighted by Crippen LogP contribution is 2.36. The molecule has 0 spiro atoms. The molecule has 2 fully saturated rings. The zero-order valence-electron chi connectivity index (χ0n) is 21.4. The highest BCUT2D eigenvalue weighted by atomic mass is 16.7. The fraction of sp³-hybridized carbons (Fsp3) is 0.538. The van der Waals surface area contributed by atoms with Crippen molar-refractivity contribution in [2.24, 2.45) is 0 Å². The smallest absolute Gasteiger partial charge is 0.222 e. The van der Waals surface area contributed by atoms with E-state index in [-0.39, 0.29) is 18.8 Å². The molecule has 0 unspecified atom stereocenters. The van der Waals surface area contributed by atoms with Gasteiger partial charge in [0.05, 0.1) is 26.4 Å². The molecule has 0 amide bonds. The molecule has 0 saturated carbocycles. The largest absolute Gasteiger partial charge is 0.394 e. The van der Waals surface area contributed by atoms with E-state index in [0.29, 0.717) is 5.56 Å². The number of hydrogen-bond donors (Lipinski definition) is 12. The predicted molar refractivity (Wildman–Crippen MR) is 135 cm³/mol. The van der Waals surface area contributed by atoms with Crippen molar-refractivity contribution in [1.82, 2.24) is 0 Å². The van der Waals surface area contributed by atoms with Crippen LogP contribution < -0.4 is 0 Å². The van der Waals surface area contributed by atoms with Crippen LogP contribution in [-0.4, -0.2) is 130 Å². The van der Waals surface area contributed by atoms with Crippen molar-refractivity contribution in [3.8, 4) is 0 Å². The summed E-state index contributed by atoms with van der Waals surface area (Å²) in [5.74, 6) is -2.25. The van der Waals surface area contributed by atoms with Crippen molar-refractivity contribution in [3.63, 3.8) is 0 Å². The number of hydrogen-bond acceptors (Lipinski definition) is 14. The third-order valence-corrected chi connectivity index (χ3v) is 6.41. The first kappa shape index (κ1) is 34.1. The quantitative estimate of drug-likeness (QED) is 0.161. The lowest BCUT2D eigenvalue weighted by Gasteiger charge is -2.45. The lowest BCUT2D eigenvalue weighted by molar-refractivity contribution is -0.357. The van der Waals surface area contributed by atoms with Gasteiger partial charge in [-0.25, -0.2) is 0 Å². The molecule has 2 aromatic rings. The number of aliphatic hydroxyl groups is 12. The van der Waals surface area contributed by atoms with Gasteiger partial charge in [0.25, 0.3) is 0 Å². The summed E-state index contributed by atoms with van der Waals surface area (Å²) in [5, 5.41) is 111. The Morgan fingerprint density at radius 1 is 0.575 bits per heavy atom. The minimum absolute atomic E-state index is 0.140. The van der Waals surface area contributed by atoms with Gasteiger partial charge in [-0.3, -0.25) is 0 Å². The lowest BCUT2D eigenvalue weighted by atomic mass is 9.88. The van der Waals surface area contributed by atoms with Crippen molar-refractivity contribution in [2.45, 2.75) is 74.1 Å². The molecule has 4 rings (SSSR count). The zero-order chi connectivity index (χ0) is 30.0. The van der Waals surface area contributed by atoms with E-state index in [9.17, 15) is 20.4 Å². The number of benzene rings is 2. The number of rotatable bonds is 5. The van der Waals surface area contributed by atoms with Gasteiger partial charge in [-0.1, -0.05) is 54.6 Å². The van der Waals surface area contributed by atoms with E-state index in [1.54, 1.807) is 0 Å². The normalized spacial score (nSPS) is 35.5. The molecule has 40 heavy (non-hydrogen) atoms. The third-order valence-electron chi connectivity index (χ3n) is 6.41. The van der Waals surface area contributed by atoms with Gasteiger partial charge in [-0.2, -0.15) is 0 Å². The first-order valence-corrected chi connectivity index (χ1v) is 12.3. The fourth-order valence-corrected chi connectivity index (χ4v) is 3.91. The SMILES string of the molecule is OC[C@H]1O[C@@H](O)[C@H](O)[C@@H](O)[C@@H]1O.OCc1ccc([C@@]2(O)O[C@H](CO)[C@@H](O)[C@H](O)[C@H]2O)cc1.OCc1ccccc1. The van der Waals surface area contributed by atoms with E-state index in [1.165, 1.54) is 24.3 Å². The molecule has 0 aromatic heterocycles. The summed E-state index contributed by atoms with van der Waals surface area (Å²) in [4.78, 5) is 0. The second kappa shape index (κ2) is 15.8. The van der Waals surface area contributed by atoms with E-state index in [4.69, 9.17) is 45.6 Å². The summed E-state index contributed by atoms with van der Waals surface area (Å²) in [6.07, 6.45) is -13.2. The van der Waals surface area contributed by atoms with Gasteiger partial charge in [0.15, 0.2) is 6.29 Å². The van der Waals surface area contributed by atoms with Crippen LogP contribution >= 0.6 is 0 Å². The van der Waals surface area contributed by atoms with Crippen LogP contribution in [0.15, 0.2) is 54.6 Å². The minimum Gasteiger partial charge on any atom is -0.394 e. The van der Waals surface area contributed by atoms with E-state index < -0.39 is 74.1 Å². The Morgan fingerprint density at radius 2 is 1.07 bits per heavy atom. The molecule has 14 heteroatoms. The van der Waals surface area contributed by atoms with Gasteiger partial charge < -0.3 is 70.8 Å². The Morgan fingerprint density at radius 3 is 1.55 bits per heavy atom. The van der Waals surface area contributed by atoms with Crippen LogP contribution in [0.1, 0.15) is 16.7 Å². The van der Waals surface area contributed by atoms with Crippen LogP contribution in [0.4, 0.5) is 0 Å². The van der Waals surface area contributed by atoms with Gasteiger partial charge in [-0.15, -0.1) is 0 Å². The standard InChI is InChI=1S/C13H18O7.C7H8O.C6H12O6/c14-5-7-1-3-8(4-2-7)13(19)12(18)11(17)10(16)9(6-15)20-13;8-6-7-4-2-1-3-5-7;7-1-2-3(8)4(9)5(10)6(11)12-2/h1-4,9-12,14-19H,5-6H2;1-5,8H,6H2;2-11H,1H2/t9-,10-,11+,12-,13-;;2-,3-,4+,5-,6-/m1.1/s1. The Kier molecular flexibility index (Phi) is 13.4. The molecule has 0 bridgehead atoms. The predicted octanol–water partition coefficient (Wildman–Crippen LogP) is -4.24. The molecule has 2 saturated heterocycles. The summed E-state index contributed by atoms with van der Waals surface area (Å²) in [6.45, 7) is -1.19. The molecule has 2 aromatic carbocycles. The van der Waals surface area contributed by atoms with Crippen LogP contribution in [0.25, 0.3) is 0 Å². The number of aliphatic hydroxyl groups excluding tert-OH is 11. The first-order chi connectivity index (χ1) is 18.9. The second-order valence-corrected chi connectivity index (χ2v) is 9.18. The molecule has 2 heterocycles. The minimum atomic E-state index is -2.25. The highest BCUT2D eigenvalue weighted by molar-refractivity contribution is 5.27. The van der Waals surface area contributed by atoms with Gasteiger partial charge in [-0.05, 0) is 11.1 Å². The molecule has 0 aliphatic carbocycles. The fourth-order valence-electron chi connectivity index (χ4n) is 3.91. The van der Waals surface area contributed by atoms with E-state index >= 15 is 0 Å². The summed E-state index contributed by atoms with van der Waals surface area (Å²) in [6, 6.07) is 15.4. The lowest BCUT2D eigenvalue weighted by Crippen LogP contribution is -2.63. The topological polar surface area (TPSA) is 261 Å². The molecule has 2 aliphatic rings. The van der Waals surface area contributed by atoms with Gasteiger partial charge >= 0.3 is 0 Å². The Hall–Kier alpha value is -2.12. The van der Waals surface area contributed by atoms with Crippen molar-refractivity contribution in [3.05, 3.63) is 71.3 Å². The third kappa shape index (κ3) is 8.22. The van der Waals surface area contributed by atoms with Crippen LogP contribution in [0.2, 0.25) is 0 Å². The molecular formula is C26H38O14. The Balaban J connectivity index is 0.000000236. The van der Waals surface area contributed by atoms with Gasteiger partial charge in [0.2, 0.25) is 5.79 Å². The second-order valence-electron chi connectivity index (χ2n) is 9.18. The molecule has 226 valence electrons. The van der Waals surface area contributed by atoms with Crippen LogP contribution in [0, 0.1) is 0 Å². The van der Waals surface area contributed by atoms with Gasteiger partial charge in [0, 0.05) is 5.56 Å². The average Bonchev–Trinajstić information content (AvgIpc) is 2.99. The average molecular weight is 575 g/mol. The van der Waals surface area contributed by atoms with E-state index in [2.05, 4.69) is 4.74 Å². The van der Waals surface area contributed by atoms with Crippen LogP contribution in [0.5, 0.6) is 0 Å². The van der Waals surface area contributed by atoms with E-state index in [0.717, 1.165) is 5.56 Å². The summed E-state index contributed by atoms with van der Waals surface area (Å²) in [5.41, 5.74) is 1.71. The maximum atomic E-state index is 10.4. The Labute approximate surface area is 229 Å². The highest BCUT2D eigenvalue weighted by Gasteiger charge is 2.53. The van der Waals surface area contributed by atoms with Crippen molar-refractivity contribution in [1.29, 1.82) is 0 Å². The summed E-state index contributed by atoms with van der Waals surface area (Å²) >= 11 is 0. The van der Waals surface area contributed by atoms with Crippen LogP contribution in [0.3, 0.4) is 0 Å². The Bertz CT molecular complexity index is 972. The van der Waals surface area contributed by atoms with Crippen molar-refractivity contribution >= 4 is 0 Å². The number of ether oxygens (including phenoxy) is 2. The summed E-state index contributed by atoms with van der Waals surface area (Å²) in [7, 11) is 0. The molecule has 12 N–H and O–H groups in total. The maximum Gasteiger partial charge on any atom is 0.222 e. The molecule has 0 radical (unpaired) electrons. The van der Waals surface area contributed by atoms with Crippen molar-refractivity contribution < 1.29 is 70.8 Å². The molecule has 10 atom stereocenters. The first-order valence-electron chi connectivity index (χ1n) is 12.3. The van der Waals surface area contributed by atoms with Gasteiger partial charge in [0.1, 0.15) is 48.8 Å². The molecule has 14 nitrogen and oxygen atoms in total. The monoisotopic (exact) mass is 574 g/mol.